The van der Waals surface area contributed by atoms with E-state index in [9.17, 15) is 4.79 Å². The van der Waals surface area contributed by atoms with Crippen molar-refractivity contribution in [1.82, 2.24) is 10.6 Å². The standard InChI is InChI=1S/C14H19N3O/c1-11-6-3-4-7-13(11)14(10-15)17-9-5-8-16-12(2)18/h3-4,6-7,14,17H,5,8-9H2,1-2H3,(H,16,18). The number of nitrogens with one attached hydrogen (secondary N) is 2. The van der Waals surface area contributed by atoms with E-state index < -0.39 is 0 Å². The first kappa shape index (κ1) is 14.2. The van der Waals surface area contributed by atoms with Gasteiger partial charge in [-0.3, -0.25) is 10.1 Å². The van der Waals surface area contributed by atoms with Crippen molar-refractivity contribution >= 4 is 5.91 Å². The zero-order valence-electron chi connectivity index (χ0n) is 10.9. The van der Waals surface area contributed by atoms with Crippen LogP contribution in [0.5, 0.6) is 0 Å². The lowest BCUT2D eigenvalue weighted by Gasteiger charge is -2.14. The third-order valence-corrected chi connectivity index (χ3v) is 2.70. The van der Waals surface area contributed by atoms with E-state index in [2.05, 4.69) is 16.7 Å². The summed E-state index contributed by atoms with van der Waals surface area (Å²) in [6.45, 7) is 4.83. The normalized spacial score (nSPS) is 11.6. The van der Waals surface area contributed by atoms with Crippen LogP contribution in [-0.4, -0.2) is 19.0 Å². The molecule has 0 aromatic heterocycles. The number of benzene rings is 1. The quantitative estimate of drug-likeness (QED) is 0.749. The van der Waals surface area contributed by atoms with Crippen molar-refractivity contribution in [3.05, 3.63) is 35.4 Å². The lowest BCUT2D eigenvalue weighted by molar-refractivity contribution is -0.118. The molecule has 0 heterocycles. The van der Waals surface area contributed by atoms with E-state index in [0.29, 0.717) is 13.1 Å². The van der Waals surface area contributed by atoms with Gasteiger partial charge in [-0.05, 0) is 31.0 Å². The van der Waals surface area contributed by atoms with Gasteiger partial charge in [0.1, 0.15) is 6.04 Å². The second-order valence-corrected chi connectivity index (χ2v) is 4.21. The summed E-state index contributed by atoms with van der Waals surface area (Å²) in [5, 5.41) is 15.1. The Morgan fingerprint density at radius 2 is 2.11 bits per heavy atom. The van der Waals surface area contributed by atoms with Crippen LogP contribution in [0.4, 0.5) is 0 Å². The lowest BCUT2D eigenvalue weighted by Crippen LogP contribution is -2.27. The molecule has 0 aliphatic carbocycles. The molecule has 0 aliphatic rings. The van der Waals surface area contributed by atoms with Crippen LogP contribution >= 0.6 is 0 Å². The molecule has 0 aliphatic heterocycles. The SMILES string of the molecule is CC(=O)NCCCNC(C#N)c1ccccc1C. The largest absolute Gasteiger partial charge is 0.356 e. The van der Waals surface area contributed by atoms with Crippen LogP contribution < -0.4 is 10.6 Å². The second kappa shape index (κ2) is 7.46. The van der Waals surface area contributed by atoms with Gasteiger partial charge in [-0.1, -0.05) is 24.3 Å². The molecule has 1 aromatic rings. The van der Waals surface area contributed by atoms with Crippen LogP contribution in [0.3, 0.4) is 0 Å². The van der Waals surface area contributed by atoms with Crippen LogP contribution in [0.15, 0.2) is 24.3 Å². The average molecular weight is 245 g/mol. The van der Waals surface area contributed by atoms with Gasteiger partial charge in [0.15, 0.2) is 0 Å². The van der Waals surface area contributed by atoms with Gasteiger partial charge in [0.2, 0.25) is 5.91 Å². The minimum atomic E-state index is -0.288. The maximum Gasteiger partial charge on any atom is 0.216 e. The van der Waals surface area contributed by atoms with Crippen molar-refractivity contribution in [1.29, 1.82) is 5.26 Å². The molecule has 1 rings (SSSR count). The predicted octanol–water partition coefficient (Wildman–Crippen LogP) is 1.68. The summed E-state index contributed by atoms with van der Waals surface area (Å²) in [6, 6.07) is 9.83. The average Bonchev–Trinajstić information content (AvgIpc) is 2.35. The Kier molecular flexibility index (Phi) is 5.89. The molecular formula is C14H19N3O. The van der Waals surface area contributed by atoms with Crippen molar-refractivity contribution in [3.63, 3.8) is 0 Å². The maximum atomic E-state index is 10.7. The number of nitrogens with zero attached hydrogens (tertiary/aromatic N) is 1. The molecule has 0 saturated heterocycles. The summed E-state index contributed by atoms with van der Waals surface area (Å²) in [7, 11) is 0. The fourth-order valence-electron chi connectivity index (χ4n) is 1.74. The van der Waals surface area contributed by atoms with Gasteiger partial charge in [0, 0.05) is 13.5 Å². The minimum Gasteiger partial charge on any atom is -0.356 e. The molecule has 4 heteroatoms. The van der Waals surface area contributed by atoms with Crippen molar-refractivity contribution in [2.24, 2.45) is 0 Å². The monoisotopic (exact) mass is 245 g/mol. The van der Waals surface area contributed by atoms with Gasteiger partial charge in [0.05, 0.1) is 6.07 Å². The third kappa shape index (κ3) is 4.56. The van der Waals surface area contributed by atoms with E-state index >= 15 is 0 Å². The molecule has 0 bridgehead atoms. The highest BCUT2D eigenvalue weighted by Gasteiger charge is 2.10. The molecule has 0 radical (unpaired) electrons. The summed E-state index contributed by atoms with van der Waals surface area (Å²) < 4.78 is 0. The van der Waals surface area contributed by atoms with Gasteiger partial charge in [-0.15, -0.1) is 0 Å². The first-order valence-corrected chi connectivity index (χ1v) is 6.08. The van der Waals surface area contributed by atoms with Crippen LogP contribution in [0.25, 0.3) is 0 Å². The Labute approximate surface area is 108 Å². The summed E-state index contributed by atoms with van der Waals surface area (Å²) in [5.74, 6) is -0.0225. The van der Waals surface area contributed by atoms with E-state index in [1.807, 2.05) is 31.2 Å². The van der Waals surface area contributed by atoms with Crippen LogP contribution in [-0.2, 0) is 4.79 Å². The molecule has 4 nitrogen and oxygen atoms in total. The first-order chi connectivity index (χ1) is 8.65. The first-order valence-electron chi connectivity index (χ1n) is 6.08. The number of aryl methyl sites for hydroxylation is 1. The number of carbonyl (C=O) groups is 1. The topological polar surface area (TPSA) is 64.9 Å². The summed E-state index contributed by atoms with van der Waals surface area (Å²) in [6.07, 6.45) is 0.809. The Balaban J connectivity index is 2.42. The van der Waals surface area contributed by atoms with Crippen molar-refractivity contribution in [3.8, 4) is 6.07 Å². The van der Waals surface area contributed by atoms with Gasteiger partial charge in [0.25, 0.3) is 0 Å². The number of rotatable bonds is 6. The van der Waals surface area contributed by atoms with Crippen LogP contribution in [0.1, 0.15) is 30.5 Å². The smallest absolute Gasteiger partial charge is 0.216 e. The highest BCUT2D eigenvalue weighted by molar-refractivity contribution is 5.72. The molecule has 0 fully saturated rings. The van der Waals surface area contributed by atoms with Gasteiger partial charge < -0.3 is 5.32 Å². The second-order valence-electron chi connectivity index (χ2n) is 4.21. The van der Waals surface area contributed by atoms with Crippen LogP contribution in [0, 0.1) is 18.3 Å². The summed E-state index contributed by atoms with van der Waals surface area (Å²) >= 11 is 0. The molecule has 1 atom stereocenters. The summed E-state index contributed by atoms with van der Waals surface area (Å²) in [5.41, 5.74) is 2.12. The van der Waals surface area contributed by atoms with E-state index in [1.54, 1.807) is 0 Å². The Morgan fingerprint density at radius 1 is 1.39 bits per heavy atom. The van der Waals surface area contributed by atoms with Crippen molar-refractivity contribution < 1.29 is 4.79 Å². The maximum absolute atomic E-state index is 10.7. The molecule has 1 unspecified atom stereocenters. The fraction of sp³-hybridized carbons (Fsp3) is 0.429. The number of amides is 1. The lowest BCUT2D eigenvalue weighted by atomic mass is 10.0. The number of carbonyl (C=O) groups excluding carboxylic acids is 1. The number of nitriles is 1. The molecule has 1 aromatic carbocycles. The molecule has 0 saturated carbocycles. The zero-order valence-corrected chi connectivity index (χ0v) is 10.9. The van der Waals surface area contributed by atoms with Crippen molar-refractivity contribution in [2.45, 2.75) is 26.3 Å². The number of hydrogen-bond acceptors (Lipinski definition) is 3. The van der Waals surface area contributed by atoms with Gasteiger partial charge in [-0.25, -0.2) is 0 Å². The summed E-state index contributed by atoms with van der Waals surface area (Å²) in [4.78, 5) is 10.7. The molecule has 0 spiro atoms. The Bertz CT molecular complexity index is 437. The Morgan fingerprint density at radius 3 is 2.72 bits per heavy atom. The highest BCUT2D eigenvalue weighted by atomic mass is 16.1. The third-order valence-electron chi connectivity index (χ3n) is 2.70. The molecule has 96 valence electrons. The molecule has 18 heavy (non-hydrogen) atoms. The van der Waals surface area contributed by atoms with Gasteiger partial charge >= 0.3 is 0 Å². The molecule has 1 amide bonds. The van der Waals surface area contributed by atoms with Crippen LogP contribution in [0.2, 0.25) is 0 Å². The predicted molar refractivity (Wildman–Crippen MR) is 70.8 cm³/mol. The molecular weight excluding hydrogens is 226 g/mol. The van der Waals surface area contributed by atoms with E-state index in [0.717, 1.165) is 17.5 Å². The van der Waals surface area contributed by atoms with E-state index in [1.165, 1.54) is 6.92 Å². The number of hydrogen-bond donors (Lipinski definition) is 2. The van der Waals surface area contributed by atoms with Crippen molar-refractivity contribution in [2.75, 3.05) is 13.1 Å². The minimum absolute atomic E-state index is 0.0225. The van der Waals surface area contributed by atoms with Gasteiger partial charge in [-0.2, -0.15) is 5.26 Å². The Hall–Kier alpha value is -1.86. The van der Waals surface area contributed by atoms with E-state index in [-0.39, 0.29) is 11.9 Å². The highest BCUT2D eigenvalue weighted by Crippen LogP contribution is 2.16. The van der Waals surface area contributed by atoms with E-state index in [4.69, 9.17) is 5.26 Å². The zero-order chi connectivity index (χ0) is 13.4. The molecule has 2 N–H and O–H groups in total. The fourth-order valence-corrected chi connectivity index (χ4v) is 1.74.